The van der Waals surface area contributed by atoms with Crippen LogP contribution in [0.25, 0.3) is 11.3 Å². The van der Waals surface area contributed by atoms with Gasteiger partial charge in [-0.15, -0.1) is 0 Å². The van der Waals surface area contributed by atoms with E-state index < -0.39 is 6.04 Å². The van der Waals surface area contributed by atoms with Crippen molar-refractivity contribution in [2.45, 2.75) is 19.4 Å². The molecule has 6 heteroatoms. The molecule has 0 bridgehead atoms. The van der Waals surface area contributed by atoms with E-state index in [-0.39, 0.29) is 5.97 Å². The van der Waals surface area contributed by atoms with Gasteiger partial charge in [0.1, 0.15) is 6.04 Å². The molecule has 2 rings (SSSR count). The van der Waals surface area contributed by atoms with Crippen molar-refractivity contribution in [2.24, 2.45) is 0 Å². The highest BCUT2D eigenvalue weighted by Gasteiger charge is 2.17. The van der Waals surface area contributed by atoms with E-state index in [0.717, 1.165) is 11.3 Å². The molecule has 0 amide bonds. The Balaban J connectivity index is 2.20. The number of ether oxygens (including phenoxy) is 1. The molecule has 104 valence electrons. The highest BCUT2D eigenvalue weighted by molar-refractivity contribution is 5.78. The van der Waals surface area contributed by atoms with Crippen LogP contribution in [0.4, 0.5) is 5.95 Å². The molecule has 0 saturated carbocycles. The van der Waals surface area contributed by atoms with Crippen molar-refractivity contribution >= 4 is 11.9 Å². The van der Waals surface area contributed by atoms with Crippen molar-refractivity contribution in [3.8, 4) is 11.3 Å². The van der Waals surface area contributed by atoms with Crippen LogP contribution in [0.5, 0.6) is 0 Å². The Morgan fingerprint density at radius 1 is 1.40 bits per heavy atom. The standard InChI is InChI=1S/C14H16N4O2/c1-3-11(13(19)20-2)17-14-16-8-6-12(18-14)10-5-4-7-15-9-10/h4-9,11H,3H2,1-2H3,(H,16,17,18). The fourth-order valence-electron chi connectivity index (χ4n) is 1.73. The van der Waals surface area contributed by atoms with E-state index in [4.69, 9.17) is 4.74 Å². The molecular formula is C14H16N4O2. The van der Waals surface area contributed by atoms with Crippen molar-refractivity contribution in [3.05, 3.63) is 36.8 Å². The zero-order valence-corrected chi connectivity index (χ0v) is 11.4. The minimum absolute atomic E-state index is 0.331. The van der Waals surface area contributed by atoms with Crippen molar-refractivity contribution < 1.29 is 9.53 Å². The molecule has 0 aliphatic carbocycles. The predicted octanol–water partition coefficient (Wildman–Crippen LogP) is 1.90. The van der Waals surface area contributed by atoms with Gasteiger partial charge in [-0.3, -0.25) is 4.98 Å². The summed E-state index contributed by atoms with van der Waals surface area (Å²) in [6.07, 6.45) is 5.66. The van der Waals surface area contributed by atoms with E-state index in [0.29, 0.717) is 12.4 Å². The van der Waals surface area contributed by atoms with Gasteiger partial charge in [0, 0.05) is 24.2 Å². The number of pyridine rings is 1. The van der Waals surface area contributed by atoms with Gasteiger partial charge < -0.3 is 10.1 Å². The van der Waals surface area contributed by atoms with E-state index >= 15 is 0 Å². The summed E-state index contributed by atoms with van der Waals surface area (Å²) in [6.45, 7) is 1.89. The number of esters is 1. The molecule has 2 aromatic rings. The Morgan fingerprint density at radius 3 is 2.90 bits per heavy atom. The number of rotatable bonds is 5. The average Bonchev–Trinajstić information content (AvgIpc) is 2.53. The number of anilines is 1. The van der Waals surface area contributed by atoms with Gasteiger partial charge in [-0.2, -0.15) is 0 Å². The molecular weight excluding hydrogens is 256 g/mol. The van der Waals surface area contributed by atoms with Gasteiger partial charge in [-0.1, -0.05) is 6.92 Å². The molecule has 0 radical (unpaired) electrons. The highest BCUT2D eigenvalue weighted by atomic mass is 16.5. The quantitative estimate of drug-likeness (QED) is 0.838. The van der Waals surface area contributed by atoms with Crippen LogP contribution in [-0.4, -0.2) is 34.1 Å². The zero-order valence-electron chi connectivity index (χ0n) is 11.4. The predicted molar refractivity (Wildman–Crippen MR) is 75.0 cm³/mol. The fraction of sp³-hybridized carbons (Fsp3) is 0.286. The molecule has 1 N–H and O–H groups in total. The Bertz CT molecular complexity index is 574. The van der Waals surface area contributed by atoms with E-state index in [1.165, 1.54) is 7.11 Å². The molecule has 0 aliphatic rings. The molecule has 0 saturated heterocycles. The molecule has 0 aliphatic heterocycles. The summed E-state index contributed by atoms with van der Waals surface area (Å²) >= 11 is 0. The minimum Gasteiger partial charge on any atom is -0.467 e. The van der Waals surface area contributed by atoms with Gasteiger partial charge in [-0.25, -0.2) is 14.8 Å². The summed E-state index contributed by atoms with van der Waals surface area (Å²) < 4.78 is 4.72. The smallest absolute Gasteiger partial charge is 0.328 e. The van der Waals surface area contributed by atoms with Gasteiger partial charge in [0.15, 0.2) is 0 Å². The van der Waals surface area contributed by atoms with Crippen LogP contribution < -0.4 is 5.32 Å². The van der Waals surface area contributed by atoms with E-state index in [1.807, 2.05) is 19.1 Å². The number of nitrogens with zero attached hydrogens (tertiary/aromatic N) is 3. The van der Waals surface area contributed by atoms with Crippen LogP contribution in [0.3, 0.4) is 0 Å². The summed E-state index contributed by atoms with van der Waals surface area (Å²) in [5.41, 5.74) is 1.64. The molecule has 0 spiro atoms. The number of carbonyl (C=O) groups is 1. The second kappa shape index (κ2) is 6.60. The monoisotopic (exact) mass is 272 g/mol. The number of aromatic nitrogens is 3. The number of carbonyl (C=O) groups excluding carboxylic acids is 1. The molecule has 2 heterocycles. The maximum atomic E-state index is 11.6. The van der Waals surface area contributed by atoms with Crippen LogP contribution in [0, 0.1) is 0 Å². The van der Waals surface area contributed by atoms with E-state index in [9.17, 15) is 4.79 Å². The van der Waals surface area contributed by atoms with Gasteiger partial charge in [-0.05, 0) is 24.6 Å². The first-order chi connectivity index (χ1) is 9.74. The summed E-state index contributed by atoms with van der Waals surface area (Å²) in [7, 11) is 1.36. The number of hydrogen-bond donors (Lipinski definition) is 1. The lowest BCUT2D eigenvalue weighted by Crippen LogP contribution is -2.30. The third-order valence-corrected chi connectivity index (χ3v) is 2.81. The van der Waals surface area contributed by atoms with Gasteiger partial charge in [0.2, 0.25) is 5.95 Å². The topological polar surface area (TPSA) is 77.0 Å². The average molecular weight is 272 g/mol. The normalized spacial score (nSPS) is 11.7. The largest absolute Gasteiger partial charge is 0.467 e. The van der Waals surface area contributed by atoms with Crippen LogP contribution in [-0.2, 0) is 9.53 Å². The number of methoxy groups -OCH3 is 1. The van der Waals surface area contributed by atoms with Crippen LogP contribution in [0.2, 0.25) is 0 Å². The third-order valence-electron chi connectivity index (χ3n) is 2.81. The maximum absolute atomic E-state index is 11.6. The van der Waals surface area contributed by atoms with Crippen molar-refractivity contribution in [1.29, 1.82) is 0 Å². The molecule has 6 nitrogen and oxygen atoms in total. The first kappa shape index (κ1) is 13.9. The van der Waals surface area contributed by atoms with Gasteiger partial charge >= 0.3 is 5.97 Å². The van der Waals surface area contributed by atoms with Crippen LogP contribution in [0.1, 0.15) is 13.3 Å². The third kappa shape index (κ3) is 3.28. The second-order valence-corrected chi connectivity index (χ2v) is 4.14. The fourth-order valence-corrected chi connectivity index (χ4v) is 1.73. The zero-order chi connectivity index (χ0) is 14.4. The summed E-state index contributed by atoms with van der Waals surface area (Å²) in [5.74, 6) is 0.0616. The van der Waals surface area contributed by atoms with Crippen molar-refractivity contribution in [3.63, 3.8) is 0 Å². The molecule has 20 heavy (non-hydrogen) atoms. The SMILES string of the molecule is CCC(Nc1nccc(-c2cccnc2)n1)C(=O)OC. The Hall–Kier alpha value is -2.50. The van der Waals surface area contributed by atoms with Gasteiger partial charge in [0.05, 0.1) is 12.8 Å². The molecule has 1 atom stereocenters. The van der Waals surface area contributed by atoms with E-state index in [1.54, 1.807) is 24.7 Å². The van der Waals surface area contributed by atoms with Crippen LogP contribution in [0.15, 0.2) is 36.8 Å². The summed E-state index contributed by atoms with van der Waals surface area (Å²) in [6, 6.07) is 5.09. The lowest BCUT2D eigenvalue weighted by atomic mass is 10.2. The highest BCUT2D eigenvalue weighted by Crippen LogP contribution is 2.16. The summed E-state index contributed by atoms with van der Waals surface area (Å²) in [4.78, 5) is 24.1. The van der Waals surface area contributed by atoms with Crippen LogP contribution >= 0.6 is 0 Å². The first-order valence-corrected chi connectivity index (χ1v) is 6.32. The number of hydrogen-bond acceptors (Lipinski definition) is 6. The Morgan fingerprint density at radius 2 is 2.25 bits per heavy atom. The van der Waals surface area contributed by atoms with Crippen molar-refractivity contribution in [2.75, 3.05) is 12.4 Å². The first-order valence-electron chi connectivity index (χ1n) is 6.32. The number of nitrogens with one attached hydrogen (secondary N) is 1. The maximum Gasteiger partial charge on any atom is 0.328 e. The lowest BCUT2D eigenvalue weighted by Gasteiger charge is -2.14. The Kier molecular flexibility index (Phi) is 4.60. The van der Waals surface area contributed by atoms with Crippen molar-refractivity contribution in [1.82, 2.24) is 15.0 Å². The Labute approximate surface area is 117 Å². The van der Waals surface area contributed by atoms with Gasteiger partial charge in [0.25, 0.3) is 0 Å². The minimum atomic E-state index is -0.454. The second-order valence-electron chi connectivity index (χ2n) is 4.14. The molecule has 0 aromatic carbocycles. The molecule has 0 fully saturated rings. The molecule has 1 unspecified atom stereocenters. The summed E-state index contributed by atoms with van der Waals surface area (Å²) in [5, 5.41) is 2.97. The molecule has 2 aromatic heterocycles. The lowest BCUT2D eigenvalue weighted by molar-refractivity contribution is -0.141. The van der Waals surface area contributed by atoms with E-state index in [2.05, 4.69) is 20.3 Å².